The normalized spacial score (nSPS) is 21.1. The van der Waals surface area contributed by atoms with Gasteiger partial charge in [-0.05, 0) is 26.7 Å². The third-order valence-corrected chi connectivity index (χ3v) is 3.29. The molecule has 0 saturated carbocycles. The van der Waals surface area contributed by atoms with E-state index in [9.17, 15) is 9.59 Å². The van der Waals surface area contributed by atoms with E-state index in [0.29, 0.717) is 19.6 Å². The Hall–Kier alpha value is -1.30. The molecule has 1 rings (SSSR count). The fourth-order valence-electron chi connectivity index (χ4n) is 2.34. The number of nitrogens with zero attached hydrogens (tertiary/aromatic N) is 2. The summed E-state index contributed by atoms with van der Waals surface area (Å²) in [5.74, 6) is -0.555. The van der Waals surface area contributed by atoms with Crippen molar-refractivity contribution in [3.63, 3.8) is 0 Å². The monoisotopic (exact) mass is 286 g/mol. The summed E-state index contributed by atoms with van der Waals surface area (Å²) in [5.41, 5.74) is -0.511. The predicted octanol–water partition coefficient (Wildman–Crippen LogP) is 1.65. The Morgan fingerprint density at radius 3 is 2.35 bits per heavy atom. The van der Waals surface area contributed by atoms with Crippen LogP contribution in [0.1, 0.15) is 34.6 Å². The number of hydrogen-bond acceptors (Lipinski definition) is 4. The molecule has 0 unspecified atom stereocenters. The van der Waals surface area contributed by atoms with Crippen LogP contribution >= 0.6 is 0 Å². The van der Waals surface area contributed by atoms with Crippen molar-refractivity contribution in [1.82, 2.24) is 9.80 Å². The number of carboxylic acids is 1. The van der Waals surface area contributed by atoms with E-state index >= 15 is 0 Å². The third-order valence-electron chi connectivity index (χ3n) is 3.29. The minimum absolute atomic E-state index is 0.0189. The molecule has 0 spiro atoms. The van der Waals surface area contributed by atoms with Crippen molar-refractivity contribution in [1.29, 1.82) is 0 Å². The van der Waals surface area contributed by atoms with E-state index < -0.39 is 11.6 Å². The minimum atomic E-state index is -0.832. The molecule has 1 amide bonds. The predicted molar refractivity (Wildman–Crippen MR) is 75.6 cm³/mol. The van der Waals surface area contributed by atoms with Gasteiger partial charge >= 0.3 is 12.1 Å². The van der Waals surface area contributed by atoms with Crippen LogP contribution < -0.4 is 0 Å². The van der Waals surface area contributed by atoms with Crippen molar-refractivity contribution >= 4 is 12.1 Å². The molecule has 6 heteroatoms. The van der Waals surface area contributed by atoms with Crippen LogP contribution in [0.25, 0.3) is 0 Å². The highest BCUT2D eigenvalue weighted by Gasteiger charge is 2.34. The topological polar surface area (TPSA) is 70.1 Å². The molecule has 1 N–H and O–H groups in total. The van der Waals surface area contributed by atoms with Gasteiger partial charge in [-0.3, -0.25) is 9.69 Å². The van der Waals surface area contributed by atoms with Gasteiger partial charge in [-0.25, -0.2) is 4.79 Å². The maximum atomic E-state index is 12.1. The number of rotatable bonds is 3. The number of piperazine rings is 1. The average Bonchev–Trinajstić information content (AvgIpc) is 2.25. The highest BCUT2D eigenvalue weighted by molar-refractivity contribution is 5.70. The van der Waals surface area contributed by atoms with Gasteiger partial charge in [-0.2, -0.15) is 0 Å². The van der Waals surface area contributed by atoms with Gasteiger partial charge in [0, 0.05) is 25.7 Å². The largest absolute Gasteiger partial charge is 0.480 e. The molecule has 0 aromatic heterocycles. The van der Waals surface area contributed by atoms with Gasteiger partial charge in [0.05, 0.1) is 6.54 Å². The lowest BCUT2D eigenvalue weighted by Gasteiger charge is -2.42. The summed E-state index contributed by atoms with van der Waals surface area (Å²) in [6.07, 6.45) is -0.321. The van der Waals surface area contributed by atoms with Crippen LogP contribution in [0.3, 0.4) is 0 Å². The number of aliphatic carboxylic acids is 1. The van der Waals surface area contributed by atoms with Crippen molar-refractivity contribution in [3.05, 3.63) is 0 Å². The second-order valence-electron chi connectivity index (χ2n) is 6.60. The number of carboxylic acid groups (broad SMARTS) is 1. The SMILES string of the molecule is CC(C)[C@H]1CN(C(=O)OC(C)(C)C)CCN1CC(=O)O. The smallest absolute Gasteiger partial charge is 0.410 e. The first-order valence-electron chi connectivity index (χ1n) is 7.04. The van der Waals surface area contributed by atoms with E-state index in [2.05, 4.69) is 0 Å². The van der Waals surface area contributed by atoms with Crippen LogP contribution in [0.4, 0.5) is 4.79 Å². The zero-order valence-corrected chi connectivity index (χ0v) is 13.0. The van der Waals surface area contributed by atoms with E-state index in [1.165, 1.54) is 0 Å². The molecule has 1 aliphatic rings. The second-order valence-corrected chi connectivity index (χ2v) is 6.60. The van der Waals surface area contributed by atoms with Crippen molar-refractivity contribution in [2.45, 2.75) is 46.3 Å². The summed E-state index contributed by atoms with van der Waals surface area (Å²) in [5, 5.41) is 8.95. The Kier molecular flexibility index (Phi) is 5.39. The molecule has 116 valence electrons. The maximum Gasteiger partial charge on any atom is 0.410 e. The van der Waals surface area contributed by atoms with E-state index in [1.807, 2.05) is 39.5 Å². The van der Waals surface area contributed by atoms with Crippen molar-refractivity contribution < 1.29 is 19.4 Å². The van der Waals surface area contributed by atoms with Gasteiger partial charge < -0.3 is 14.7 Å². The van der Waals surface area contributed by atoms with Gasteiger partial charge in [0.25, 0.3) is 0 Å². The van der Waals surface area contributed by atoms with Crippen molar-refractivity contribution in [2.75, 3.05) is 26.2 Å². The molecule has 6 nitrogen and oxygen atoms in total. The van der Waals surface area contributed by atoms with Crippen LogP contribution in [0.2, 0.25) is 0 Å². The summed E-state index contributed by atoms with van der Waals surface area (Å²) >= 11 is 0. The summed E-state index contributed by atoms with van der Waals surface area (Å²) in [7, 11) is 0. The van der Waals surface area contributed by atoms with E-state index in [0.717, 1.165) is 0 Å². The lowest BCUT2D eigenvalue weighted by molar-refractivity contribution is -0.139. The lowest BCUT2D eigenvalue weighted by Crippen LogP contribution is -2.58. The number of ether oxygens (including phenoxy) is 1. The number of carbonyl (C=O) groups is 2. The van der Waals surface area contributed by atoms with Crippen molar-refractivity contribution in [2.24, 2.45) is 5.92 Å². The molecule has 1 fully saturated rings. The molecule has 0 bridgehead atoms. The first-order valence-corrected chi connectivity index (χ1v) is 7.04. The van der Waals surface area contributed by atoms with E-state index in [-0.39, 0.29) is 24.6 Å². The first kappa shape index (κ1) is 16.8. The van der Waals surface area contributed by atoms with Gasteiger partial charge in [0.1, 0.15) is 5.60 Å². The van der Waals surface area contributed by atoms with Gasteiger partial charge in [0.15, 0.2) is 0 Å². The fraction of sp³-hybridized carbons (Fsp3) is 0.857. The highest BCUT2D eigenvalue weighted by atomic mass is 16.6. The molecular weight excluding hydrogens is 260 g/mol. The van der Waals surface area contributed by atoms with Crippen molar-refractivity contribution in [3.8, 4) is 0 Å². The molecule has 0 aliphatic carbocycles. The van der Waals surface area contributed by atoms with Gasteiger partial charge in [0.2, 0.25) is 0 Å². The summed E-state index contributed by atoms with van der Waals surface area (Å²) < 4.78 is 5.37. The second kappa shape index (κ2) is 6.43. The number of carbonyl (C=O) groups excluding carboxylic acids is 1. The Morgan fingerprint density at radius 1 is 1.30 bits per heavy atom. The molecule has 0 radical (unpaired) electrons. The Labute approximate surface area is 120 Å². The minimum Gasteiger partial charge on any atom is -0.480 e. The number of hydrogen-bond donors (Lipinski definition) is 1. The Balaban J connectivity index is 2.68. The summed E-state index contributed by atoms with van der Waals surface area (Å²) in [4.78, 5) is 26.6. The molecule has 1 heterocycles. The quantitative estimate of drug-likeness (QED) is 0.854. The molecular formula is C14H26N2O4. The fourth-order valence-corrected chi connectivity index (χ4v) is 2.34. The maximum absolute atomic E-state index is 12.1. The summed E-state index contributed by atoms with van der Waals surface area (Å²) in [6, 6.07) is 0.0485. The van der Waals surface area contributed by atoms with Crippen LogP contribution in [0.5, 0.6) is 0 Å². The molecule has 1 saturated heterocycles. The lowest BCUT2D eigenvalue weighted by atomic mass is 10.00. The summed E-state index contributed by atoms with van der Waals surface area (Å²) in [6.45, 7) is 11.2. The third kappa shape index (κ3) is 5.00. The van der Waals surface area contributed by atoms with Crippen LogP contribution in [-0.2, 0) is 9.53 Å². The number of amides is 1. The Bertz CT molecular complexity index is 363. The molecule has 0 aromatic carbocycles. The van der Waals surface area contributed by atoms with Gasteiger partial charge in [-0.15, -0.1) is 0 Å². The van der Waals surface area contributed by atoms with E-state index in [4.69, 9.17) is 9.84 Å². The van der Waals surface area contributed by atoms with Crippen LogP contribution in [0, 0.1) is 5.92 Å². The Morgan fingerprint density at radius 2 is 1.90 bits per heavy atom. The van der Waals surface area contributed by atoms with Crippen LogP contribution in [-0.4, -0.2) is 64.8 Å². The van der Waals surface area contributed by atoms with E-state index in [1.54, 1.807) is 4.90 Å². The first-order chi connectivity index (χ1) is 9.10. The molecule has 1 aliphatic heterocycles. The average molecular weight is 286 g/mol. The molecule has 0 aromatic rings. The highest BCUT2D eigenvalue weighted by Crippen LogP contribution is 2.19. The zero-order chi connectivity index (χ0) is 15.5. The molecule has 20 heavy (non-hydrogen) atoms. The zero-order valence-electron chi connectivity index (χ0n) is 13.0. The van der Waals surface area contributed by atoms with Gasteiger partial charge in [-0.1, -0.05) is 13.8 Å². The van der Waals surface area contributed by atoms with Crippen LogP contribution in [0.15, 0.2) is 0 Å². The standard InChI is InChI=1S/C14H26N2O4/c1-10(2)11-8-16(13(19)20-14(3,4)5)7-6-15(11)9-12(17)18/h10-11H,6-9H2,1-5H3,(H,17,18)/t11-/m1/s1. The molecule has 1 atom stereocenters.